The summed E-state index contributed by atoms with van der Waals surface area (Å²) in [5.41, 5.74) is 1.68. The zero-order chi connectivity index (χ0) is 9.26. The number of carboxylic acid groups (broad SMARTS) is 1. The third-order valence-corrected chi connectivity index (χ3v) is 1.82. The summed E-state index contributed by atoms with van der Waals surface area (Å²) in [6, 6.07) is 1.56. The molecule has 2 rings (SSSR count). The Kier molecular flexibility index (Phi) is 1.86. The molecule has 1 aromatic heterocycles. The summed E-state index contributed by atoms with van der Waals surface area (Å²) < 4.78 is 5.08. The SMILES string of the molecule is O=C(O)c1cnc2c(c1)NCOC2. The van der Waals surface area contributed by atoms with Crippen LogP contribution in [0.5, 0.6) is 0 Å². The third-order valence-electron chi connectivity index (χ3n) is 1.82. The molecule has 0 fully saturated rings. The van der Waals surface area contributed by atoms with E-state index in [1.54, 1.807) is 6.07 Å². The predicted molar refractivity (Wildman–Crippen MR) is 44.5 cm³/mol. The van der Waals surface area contributed by atoms with Crippen LogP contribution in [-0.4, -0.2) is 22.8 Å². The maximum atomic E-state index is 10.6. The van der Waals surface area contributed by atoms with Gasteiger partial charge in [-0.25, -0.2) is 4.79 Å². The van der Waals surface area contributed by atoms with Crippen LogP contribution in [0.25, 0.3) is 0 Å². The fourth-order valence-corrected chi connectivity index (χ4v) is 1.15. The Bertz CT molecular complexity index is 351. The molecule has 0 saturated carbocycles. The molecule has 0 aromatic carbocycles. The van der Waals surface area contributed by atoms with E-state index in [-0.39, 0.29) is 5.56 Å². The van der Waals surface area contributed by atoms with Crippen LogP contribution in [0.15, 0.2) is 12.3 Å². The highest BCUT2D eigenvalue weighted by atomic mass is 16.5. The van der Waals surface area contributed by atoms with Crippen LogP contribution in [0.1, 0.15) is 16.1 Å². The van der Waals surface area contributed by atoms with Crippen molar-refractivity contribution in [2.75, 3.05) is 12.0 Å². The van der Waals surface area contributed by atoms with Crippen LogP contribution >= 0.6 is 0 Å². The molecule has 68 valence electrons. The second kappa shape index (κ2) is 3.02. The van der Waals surface area contributed by atoms with Gasteiger partial charge in [0.15, 0.2) is 0 Å². The molecule has 2 heterocycles. The first-order valence-corrected chi connectivity index (χ1v) is 3.81. The smallest absolute Gasteiger partial charge is 0.337 e. The zero-order valence-electron chi connectivity index (χ0n) is 6.78. The van der Waals surface area contributed by atoms with Crippen LogP contribution in [-0.2, 0) is 11.3 Å². The molecule has 0 aliphatic carbocycles. The number of fused-ring (bicyclic) bond motifs is 1. The monoisotopic (exact) mass is 180 g/mol. The molecule has 0 radical (unpaired) electrons. The lowest BCUT2D eigenvalue weighted by atomic mass is 10.2. The molecule has 0 spiro atoms. The van der Waals surface area contributed by atoms with Crippen LogP contribution in [0.3, 0.4) is 0 Å². The highest BCUT2D eigenvalue weighted by molar-refractivity contribution is 5.88. The molecule has 1 aliphatic rings. The number of hydrogen-bond acceptors (Lipinski definition) is 4. The Morgan fingerprint density at radius 3 is 3.31 bits per heavy atom. The van der Waals surface area contributed by atoms with Crippen molar-refractivity contribution in [2.45, 2.75) is 6.61 Å². The fraction of sp³-hybridized carbons (Fsp3) is 0.250. The Morgan fingerprint density at radius 1 is 1.69 bits per heavy atom. The number of carboxylic acids is 1. The summed E-state index contributed by atoms with van der Waals surface area (Å²) in [6.45, 7) is 0.833. The van der Waals surface area contributed by atoms with Gasteiger partial charge in [0, 0.05) is 6.20 Å². The summed E-state index contributed by atoms with van der Waals surface area (Å²) in [5.74, 6) is -0.969. The van der Waals surface area contributed by atoms with Crippen molar-refractivity contribution >= 4 is 11.7 Å². The standard InChI is InChI=1S/C8H8N2O3/c11-8(12)5-1-6-7(9-2-5)3-13-4-10-6/h1-2,10H,3-4H2,(H,11,12). The van der Waals surface area contributed by atoms with Crippen molar-refractivity contribution < 1.29 is 14.6 Å². The number of rotatable bonds is 1. The van der Waals surface area contributed by atoms with Gasteiger partial charge in [-0.2, -0.15) is 0 Å². The molecular formula is C8H8N2O3. The largest absolute Gasteiger partial charge is 0.478 e. The van der Waals surface area contributed by atoms with Gasteiger partial charge in [-0.15, -0.1) is 0 Å². The lowest BCUT2D eigenvalue weighted by molar-refractivity contribution is 0.0696. The average Bonchev–Trinajstić information content (AvgIpc) is 2.17. The first-order valence-electron chi connectivity index (χ1n) is 3.81. The first kappa shape index (κ1) is 8.00. The molecule has 13 heavy (non-hydrogen) atoms. The van der Waals surface area contributed by atoms with Gasteiger partial charge in [0.2, 0.25) is 0 Å². The number of anilines is 1. The Hall–Kier alpha value is -1.62. The molecule has 0 bridgehead atoms. The second-order valence-electron chi connectivity index (χ2n) is 2.69. The summed E-state index contributed by atoms with van der Waals surface area (Å²) in [6.07, 6.45) is 1.33. The Morgan fingerprint density at radius 2 is 2.54 bits per heavy atom. The van der Waals surface area contributed by atoms with Gasteiger partial charge in [-0.1, -0.05) is 0 Å². The average molecular weight is 180 g/mol. The highest BCUT2D eigenvalue weighted by Gasteiger charge is 2.12. The number of pyridine rings is 1. The van der Waals surface area contributed by atoms with Crippen molar-refractivity contribution in [3.63, 3.8) is 0 Å². The lowest BCUT2D eigenvalue weighted by Crippen LogP contribution is -2.16. The van der Waals surface area contributed by atoms with Crippen molar-refractivity contribution in [3.05, 3.63) is 23.5 Å². The maximum Gasteiger partial charge on any atom is 0.337 e. The molecule has 0 amide bonds. The molecule has 0 unspecified atom stereocenters. The van der Waals surface area contributed by atoms with Gasteiger partial charge in [0.25, 0.3) is 0 Å². The number of hydrogen-bond donors (Lipinski definition) is 2. The Labute approximate surface area is 74.4 Å². The topological polar surface area (TPSA) is 71.5 Å². The summed E-state index contributed by atoms with van der Waals surface area (Å²) in [7, 11) is 0. The quantitative estimate of drug-likeness (QED) is 0.664. The van der Waals surface area contributed by atoms with Crippen LogP contribution in [0.4, 0.5) is 5.69 Å². The second-order valence-corrected chi connectivity index (χ2v) is 2.69. The number of carbonyl (C=O) groups is 1. The molecule has 1 aromatic rings. The van der Waals surface area contributed by atoms with Gasteiger partial charge >= 0.3 is 5.97 Å². The van der Waals surface area contributed by atoms with Gasteiger partial charge in [-0.05, 0) is 6.07 Å². The Balaban J connectivity index is 2.40. The van der Waals surface area contributed by atoms with Crippen molar-refractivity contribution in [2.24, 2.45) is 0 Å². The molecule has 5 heteroatoms. The first-order chi connectivity index (χ1) is 6.27. The molecule has 1 aliphatic heterocycles. The third kappa shape index (κ3) is 1.46. The van der Waals surface area contributed by atoms with Gasteiger partial charge in [-0.3, -0.25) is 4.98 Å². The summed E-state index contributed by atoms with van der Waals surface area (Å²) in [5, 5.41) is 11.6. The summed E-state index contributed by atoms with van der Waals surface area (Å²) >= 11 is 0. The van der Waals surface area contributed by atoms with E-state index in [0.717, 1.165) is 11.4 Å². The lowest BCUT2D eigenvalue weighted by Gasteiger charge is -2.17. The number of aromatic nitrogens is 1. The van der Waals surface area contributed by atoms with Crippen LogP contribution < -0.4 is 5.32 Å². The fourth-order valence-electron chi connectivity index (χ4n) is 1.15. The van der Waals surface area contributed by atoms with E-state index in [1.807, 2.05) is 0 Å². The van der Waals surface area contributed by atoms with E-state index >= 15 is 0 Å². The molecule has 5 nitrogen and oxygen atoms in total. The minimum Gasteiger partial charge on any atom is -0.478 e. The summed E-state index contributed by atoms with van der Waals surface area (Å²) in [4.78, 5) is 14.6. The zero-order valence-corrected chi connectivity index (χ0v) is 6.78. The maximum absolute atomic E-state index is 10.6. The van der Waals surface area contributed by atoms with Gasteiger partial charge in [0.1, 0.15) is 6.73 Å². The van der Waals surface area contributed by atoms with E-state index in [0.29, 0.717) is 13.3 Å². The van der Waals surface area contributed by atoms with E-state index < -0.39 is 5.97 Å². The molecule has 2 N–H and O–H groups in total. The van der Waals surface area contributed by atoms with E-state index in [2.05, 4.69) is 10.3 Å². The van der Waals surface area contributed by atoms with Crippen molar-refractivity contribution in [1.29, 1.82) is 0 Å². The number of nitrogens with one attached hydrogen (secondary N) is 1. The van der Waals surface area contributed by atoms with E-state index in [9.17, 15) is 4.79 Å². The predicted octanol–water partition coefficient (Wildman–Crippen LogP) is 0.679. The van der Waals surface area contributed by atoms with Crippen molar-refractivity contribution in [3.8, 4) is 0 Å². The minimum atomic E-state index is -0.969. The van der Waals surface area contributed by atoms with Crippen LogP contribution in [0, 0.1) is 0 Å². The van der Waals surface area contributed by atoms with E-state index in [1.165, 1.54) is 6.20 Å². The minimum absolute atomic E-state index is 0.188. The molecular weight excluding hydrogens is 172 g/mol. The number of nitrogens with zero attached hydrogens (tertiary/aromatic N) is 1. The number of aromatic carboxylic acids is 1. The van der Waals surface area contributed by atoms with Gasteiger partial charge < -0.3 is 15.2 Å². The van der Waals surface area contributed by atoms with Gasteiger partial charge in [0.05, 0.1) is 23.6 Å². The molecule has 0 atom stereocenters. The molecule has 0 saturated heterocycles. The highest BCUT2D eigenvalue weighted by Crippen LogP contribution is 2.19. The normalized spacial score (nSPS) is 14.5. The van der Waals surface area contributed by atoms with Crippen molar-refractivity contribution in [1.82, 2.24) is 4.98 Å². The number of ether oxygens (including phenoxy) is 1. The van der Waals surface area contributed by atoms with E-state index in [4.69, 9.17) is 9.84 Å². The van der Waals surface area contributed by atoms with Crippen LogP contribution in [0.2, 0.25) is 0 Å².